The van der Waals surface area contributed by atoms with Crippen molar-refractivity contribution in [3.05, 3.63) is 48.0 Å². The lowest BCUT2D eigenvalue weighted by atomic mass is 10.1. The fourth-order valence-electron chi connectivity index (χ4n) is 2.16. The Morgan fingerprint density at radius 1 is 1.42 bits per heavy atom. The molecule has 4 heteroatoms. The van der Waals surface area contributed by atoms with Crippen molar-refractivity contribution in [2.24, 2.45) is 0 Å². The summed E-state index contributed by atoms with van der Waals surface area (Å²) in [6, 6.07) is 7.75. The second-order valence-electron chi connectivity index (χ2n) is 4.55. The Bertz CT molecular complexity index is 522. The van der Waals surface area contributed by atoms with E-state index in [2.05, 4.69) is 11.9 Å². The zero-order chi connectivity index (χ0) is 13.7. The van der Waals surface area contributed by atoms with Gasteiger partial charge < -0.3 is 14.4 Å². The Morgan fingerprint density at radius 2 is 2.26 bits per heavy atom. The second kappa shape index (κ2) is 6.38. The minimum Gasteiger partial charge on any atom is -0.497 e. The van der Waals surface area contributed by atoms with Crippen molar-refractivity contribution in [1.82, 2.24) is 9.55 Å². The number of rotatable bonds is 6. The van der Waals surface area contributed by atoms with Gasteiger partial charge in [0.2, 0.25) is 0 Å². The second-order valence-corrected chi connectivity index (χ2v) is 4.55. The van der Waals surface area contributed by atoms with E-state index in [0.717, 1.165) is 30.1 Å². The highest BCUT2D eigenvalue weighted by molar-refractivity contribution is 5.29. The van der Waals surface area contributed by atoms with Gasteiger partial charge in [0, 0.05) is 25.4 Å². The molecule has 0 aliphatic heterocycles. The molecule has 1 unspecified atom stereocenters. The molecule has 0 fully saturated rings. The van der Waals surface area contributed by atoms with Gasteiger partial charge in [-0.2, -0.15) is 0 Å². The van der Waals surface area contributed by atoms with Gasteiger partial charge >= 0.3 is 0 Å². The summed E-state index contributed by atoms with van der Waals surface area (Å²) in [5, 5.41) is 10.3. The van der Waals surface area contributed by atoms with Crippen LogP contribution in [-0.4, -0.2) is 21.8 Å². The van der Waals surface area contributed by atoms with Crippen LogP contribution in [0.5, 0.6) is 5.75 Å². The van der Waals surface area contributed by atoms with Gasteiger partial charge in [0.05, 0.1) is 7.11 Å². The molecule has 0 aliphatic rings. The molecule has 0 saturated heterocycles. The molecule has 4 nitrogen and oxygen atoms in total. The highest BCUT2D eigenvalue weighted by atomic mass is 16.5. The number of hydrogen-bond donors (Lipinski definition) is 1. The molecule has 2 aromatic rings. The fraction of sp³-hybridized carbons (Fsp3) is 0.400. The number of aliphatic hydroxyl groups excluding tert-OH is 1. The largest absolute Gasteiger partial charge is 0.497 e. The first-order chi connectivity index (χ1) is 9.24. The summed E-state index contributed by atoms with van der Waals surface area (Å²) in [6.45, 7) is 2.99. The summed E-state index contributed by atoms with van der Waals surface area (Å²) in [5.41, 5.74) is 1.04. The van der Waals surface area contributed by atoms with Crippen LogP contribution < -0.4 is 4.74 Å². The maximum absolute atomic E-state index is 10.3. The predicted molar refractivity (Wildman–Crippen MR) is 74.2 cm³/mol. The van der Waals surface area contributed by atoms with E-state index in [4.69, 9.17) is 4.74 Å². The number of nitrogens with zero attached hydrogens (tertiary/aromatic N) is 2. The van der Waals surface area contributed by atoms with Crippen LogP contribution in [-0.2, 0) is 13.0 Å². The summed E-state index contributed by atoms with van der Waals surface area (Å²) in [6.07, 6.45) is 4.62. The molecule has 1 atom stereocenters. The molecule has 0 radical (unpaired) electrons. The zero-order valence-corrected chi connectivity index (χ0v) is 11.4. The monoisotopic (exact) mass is 260 g/mol. The maximum atomic E-state index is 10.3. The van der Waals surface area contributed by atoms with Gasteiger partial charge in [-0.05, 0) is 24.1 Å². The van der Waals surface area contributed by atoms with Crippen molar-refractivity contribution in [3.63, 3.8) is 0 Å². The SMILES string of the molecule is CCCn1ccnc1C(O)Cc1cccc(OC)c1. The standard InChI is InChI=1S/C15H20N2O2/c1-3-8-17-9-7-16-15(17)14(18)11-12-5-4-6-13(10-12)19-2/h4-7,9-10,14,18H,3,8,11H2,1-2H3. The molecule has 0 spiro atoms. The van der Waals surface area contributed by atoms with E-state index in [1.165, 1.54) is 0 Å². The van der Waals surface area contributed by atoms with Crippen LogP contribution in [0.15, 0.2) is 36.7 Å². The topological polar surface area (TPSA) is 47.3 Å². The van der Waals surface area contributed by atoms with E-state index in [1.54, 1.807) is 13.3 Å². The van der Waals surface area contributed by atoms with Gasteiger partial charge in [-0.3, -0.25) is 0 Å². The molecule has 102 valence electrons. The van der Waals surface area contributed by atoms with Crippen LogP contribution >= 0.6 is 0 Å². The third-order valence-corrected chi connectivity index (χ3v) is 3.07. The van der Waals surface area contributed by atoms with Gasteiger partial charge in [0.1, 0.15) is 17.7 Å². The highest BCUT2D eigenvalue weighted by Gasteiger charge is 2.14. The Balaban J connectivity index is 2.11. The van der Waals surface area contributed by atoms with Crippen LogP contribution in [0.4, 0.5) is 0 Å². The third-order valence-electron chi connectivity index (χ3n) is 3.07. The lowest BCUT2D eigenvalue weighted by Gasteiger charge is -2.13. The van der Waals surface area contributed by atoms with Crippen LogP contribution in [0, 0.1) is 0 Å². The first-order valence-corrected chi connectivity index (χ1v) is 6.56. The van der Waals surface area contributed by atoms with Gasteiger partial charge in [0.25, 0.3) is 0 Å². The zero-order valence-electron chi connectivity index (χ0n) is 11.4. The number of aliphatic hydroxyl groups is 1. The Labute approximate surface area is 113 Å². The highest BCUT2D eigenvalue weighted by Crippen LogP contribution is 2.20. The molecule has 1 heterocycles. The molecule has 0 saturated carbocycles. The molecule has 1 aromatic carbocycles. The number of aromatic nitrogens is 2. The van der Waals surface area contributed by atoms with E-state index in [-0.39, 0.29) is 0 Å². The van der Waals surface area contributed by atoms with E-state index in [0.29, 0.717) is 6.42 Å². The van der Waals surface area contributed by atoms with Gasteiger partial charge in [-0.25, -0.2) is 4.98 Å². The number of imidazole rings is 1. The van der Waals surface area contributed by atoms with E-state index < -0.39 is 6.10 Å². The van der Waals surface area contributed by atoms with Crippen molar-refractivity contribution < 1.29 is 9.84 Å². The Kier molecular flexibility index (Phi) is 4.58. The summed E-state index contributed by atoms with van der Waals surface area (Å²) in [5.74, 6) is 1.53. The average molecular weight is 260 g/mol. The number of hydrogen-bond acceptors (Lipinski definition) is 3. The molecule has 1 N–H and O–H groups in total. The van der Waals surface area contributed by atoms with Crippen LogP contribution in [0.2, 0.25) is 0 Å². The first kappa shape index (κ1) is 13.6. The van der Waals surface area contributed by atoms with Crippen LogP contribution in [0.3, 0.4) is 0 Å². The predicted octanol–water partition coefficient (Wildman–Crippen LogP) is 2.58. The van der Waals surface area contributed by atoms with Crippen molar-refractivity contribution in [1.29, 1.82) is 0 Å². The molecule has 19 heavy (non-hydrogen) atoms. The Morgan fingerprint density at radius 3 is 3.00 bits per heavy atom. The van der Waals surface area contributed by atoms with Gasteiger partial charge in [-0.15, -0.1) is 0 Å². The summed E-state index contributed by atoms with van der Waals surface area (Å²) >= 11 is 0. The van der Waals surface area contributed by atoms with Gasteiger partial charge in [0.15, 0.2) is 0 Å². The van der Waals surface area contributed by atoms with Crippen molar-refractivity contribution in [3.8, 4) is 5.75 Å². The van der Waals surface area contributed by atoms with Crippen LogP contribution in [0.25, 0.3) is 0 Å². The first-order valence-electron chi connectivity index (χ1n) is 6.56. The minimum atomic E-state index is -0.589. The Hall–Kier alpha value is -1.81. The molecular formula is C15H20N2O2. The fourth-order valence-corrected chi connectivity index (χ4v) is 2.16. The van der Waals surface area contributed by atoms with E-state index in [9.17, 15) is 5.11 Å². The molecule has 1 aromatic heterocycles. The van der Waals surface area contributed by atoms with E-state index in [1.807, 2.05) is 35.0 Å². The molecule has 2 rings (SSSR count). The lowest BCUT2D eigenvalue weighted by molar-refractivity contribution is 0.163. The maximum Gasteiger partial charge on any atom is 0.137 e. The molecule has 0 amide bonds. The number of methoxy groups -OCH3 is 1. The minimum absolute atomic E-state index is 0.540. The van der Waals surface area contributed by atoms with Crippen molar-refractivity contribution in [2.45, 2.75) is 32.4 Å². The smallest absolute Gasteiger partial charge is 0.137 e. The molecule has 0 bridgehead atoms. The summed E-state index contributed by atoms with van der Waals surface area (Å²) in [7, 11) is 1.64. The summed E-state index contributed by atoms with van der Waals surface area (Å²) in [4.78, 5) is 4.26. The number of benzene rings is 1. The third kappa shape index (κ3) is 3.35. The number of ether oxygens (including phenoxy) is 1. The van der Waals surface area contributed by atoms with E-state index >= 15 is 0 Å². The van der Waals surface area contributed by atoms with Crippen LogP contribution in [0.1, 0.15) is 30.8 Å². The number of aryl methyl sites for hydroxylation is 1. The quantitative estimate of drug-likeness (QED) is 0.868. The average Bonchev–Trinajstić information content (AvgIpc) is 2.88. The summed E-state index contributed by atoms with van der Waals surface area (Å²) < 4.78 is 7.19. The normalized spacial score (nSPS) is 12.4. The molecular weight excluding hydrogens is 240 g/mol. The van der Waals surface area contributed by atoms with Crippen molar-refractivity contribution in [2.75, 3.05) is 7.11 Å². The van der Waals surface area contributed by atoms with Crippen molar-refractivity contribution >= 4 is 0 Å². The van der Waals surface area contributed by atoms with Gasteiger partial charge in [-0.1, -0.05) is 19.1 Å². The lowest BCUT2D eigenvalue weighted by Crippen LogP contribution is -2.10. The molecule has 0 aliphatic carbocycles.